The van der Waals surface area contributed by atoms with Crippen LogP contribution < -0.4 is 0 Å². The molecule has 1 aromatic carbocycles. The van der Waals surface area contributed by atoms with Gasteiger partial charge in [-0.25, -0.2) is 0 Å². The fourth-order valence-electron chi connectivity index (χ4n) is 1.14. The van der Waals surface area contributed by atoms with Gasteiger partial charge in [-0.1, -0.05) is 0 Å². The number of rotatable bonds is 2. The second kappa shape index (κ2) is 3.96. The molecule has 0 N–H and O–H groups in total. The SMILES string of the molecule is O=[N+]([O-])c1c(F)ccc(C(F)(F)F)c1[N+](=O)[O-]. The molecule has 17 heavy (non-hydrogen) atoms. The van der Waals surface area contributed by atoms with E-state index in [1.807, 2.05) is 0 Å². The van der Waals surface area contributed by atoms with Gasteiger partial charge in [-0.3, -0.25) is 20.2 Å². The third-order valence-electron chi connectivity index (χ3n) is 1.77. The summed E-state index contributed by atoms with van der Waals surface area (Å²) in [6, 6.07) is 0.244. The minimum atomic E-state index is -5.18. The lowest BCUT2D eigenvalue weighted by molar-refractivity contribution is -0.426. The number of alkyl halides is 3. The molecule has 10 heteroatoms. The van der Waals surface area contributed by atoms with Crippen LogP contribution in [0.25, 0.3) is 0 Å². The Labute approximate surface area is 89.8 Å². The Kier molecular flexibility index (Phi) is 2.98. The second-order valence-electron chi connectivity index (χ2n) is 2.80. The highest BCUT2D eigenvalue weighted by molar-refractivity contribution is 5.59. The van der Waals surface area contributed by atoms with E-state index in [0.29, 0.717) is 0 Å². The Morgan fingerprint density at radius 1 is 1.00 bits per heavy atom. The van der Waals surface area contributed by atoms with Gasteiger partial charge in [0, 0.05) is 0 Å². The van der Waals surface area contributed by atoms with Crippen LogP contribution >= 0.6 is 0 Å². The largest absolute Gasteiger partial charge is 0.423 e. The van der Waals surface area contributed by atoms with Gasteiger partial charge in [0.1, 0.15) is 5.56 Å². The molecular weight excluding hydrogens is 252 g/mol. The molecule has 0 spiro atoms. The zero-order valence-corrected chi connectivity index (χ0v) is 7.69. The van der Waals surface area contributed by atoms with Gasteiger partial charge in [-0.2, -0.15) is 17.6 Å². The van der Waals surface area contributed by atoms with Gasteiger partial charge in [0.15, 0.2) is 0 Å². The standard InChI is InChI=1S/C7H2F4N2O4/c8-4-2-1-3(7(9,10)11)5(12(14)15)6(4)13(16)17/h1-2H. The molecule has 0 atom stereocenters. The van der Waals surface area contributed by atoms with E-state index in [4.69, 9.17) is 0 Å². The van der Waals surface area contributed by atoms with Crippen molar-refractivity contribution in [3.63, 3.8) is 0 Å². The van der Waals surface area contributed by atoms with Crippen molar-refractivity contribution in [3.05, 3.63) is 43.7 Å². The van der Waals surface area contributed by atoms with E-state index >= 15 is 0 Å². The molecule has 0 aliphatic heterocycles. The van der Waals surface area contributed by atoms with Crippen LogP contribution in [-0.2, 0) is 6.18 Å². The highest BCUT2D eigenvalue weighted by Gasteiger charge is 2.44. The molecule has 0 aliphatic carbocycles. The predicted octanol–water partition coefficient (Wildman–Crippen LogP) is 2.66. The molecule has 1 aromatic rings. The van der Waals surface area contributed by atoms with Crippen molar-refractivity contribution in [2.24, 2.45) is 0 Å². The van der Waals surface area contributed by atoms with Crippen molar-refractivity contribution in [3.8, 4) is 0 Å². The van der Waals surface area contributed by atoms with Crippen molar-refractivity contribution in [1.82, 2.24) is 0 Å². The first-order valence-electron chi connectivity index (χ1n) is 3.84. The van der Waals surface area contributed by atoms with Crippen LogP contribution in [0.3, 0.4) is 0 Å². The van der Waals surface area contributed by atoms with Gasteiger partial charge < -0.3 is 0 Å². The summed E-state index contributed by atoms with van der Waals surface area (Å²) >= 11 is 0. The molecular formula is C7H2F4N2O4. The summed E-state index contributed by atoms with van der Waals surface area (Å²) in [7, 11) is 0. The topological polar surface area (TPSA) is 86.3 Å². The summed E-state index contributed by atoms with van der Waals surface area (Å²) in [6.45, 7) is 0. The van der Waals surface area contributed by atoms with Crippen molar-refractivity contribution >= 4 is 11.4 Å². The molecule has 0 bridgehead atoms. The maximum atomic E-state index is 12.9. The molecule has 92 valence electrons. The van der Waals surface area contributed by atoms with Crippen LogP contribution in [-0.4, -0.2) is 9.85 Å². The number of hydrogen-bond donors (Lipinski definition) is 0. The predicted molar refractivity (Wildman–Crippen MR) is 44.7 cm³/mol. The van der Waals surface area contributed by atoms with E-state index in [1.165, 1.54) is 0 Å². The molecule has 0 radical (unpaired) electrons. The van der Waals surface area contributed by atoms with Crippen LogP contribution in [0.1, 0.15) is 5.56 Å². The number of benzene rings is 1. The lowest BCUT2D eigenvalue weighted by Gasteiger charge is -2.07. The summed E-state index contributed by atoms with van der Waals surface area (Å²) in [6.07, 6.45) is -5.18. The minimum absolute atomic E-state index is 0.0838. The zero-order valence-electron chi connectivity index (χ0n) is 7.69. The van der Waals surface area contributed by atoms with Crippen LogP contribution in [0.15, 0.2) is 12.1 Å². The Bertz CT molecular complexity index is 499. The van der Waals surface area contributed by atoms with Crippen molar-refractivity contribution < 1.29 is 27.4 Å². The fraction of sp³-hybridized carbons (Fsp3) is 0.143. The van der Waals surface area contributed by atoms with E-state index in [9.17, 15) is 37.8 Å². The number of nitro benzene ring substituents is 2. The molecule has 0 aliphatic rings. The van der Waals surface area contributed by atoms with E-state index in [0.717, 1.165) is 0 Å². The highest BCUT2D eigenvalue weighted by atomic mass is 19.4. The molecule has 0 saturated carbocycles. The molecule has 0 saturated heterocycles. The third-order valence-corrected chi connectivity index (χ3v) is 1.77. The van der Waals surface area contributed by atoms with Crippen LogP contribution in [0, 0.1) is 26.0 Å². The lowest BCUT2D eigenvalue weighted by Crippen LogP contribution is -2.11. The molecule has 0 amide bonds. The maximum Gasteiger partial charge on any atom is 0.423 e. The normalized spacial score (nSPS) is 11.3. The third kappa shape index (κ3) is 2.29. The first-order chi connectivity index (χ1) is 7.66. The van der Waals surface area contributed by atoms with E-state index in [-0.39, 0.29) is 12.1 Å². The summed E-state index contributed by atoms with van der Waals surface area (Å²) in [5.74, 6) is -1.70. The minimum Gasteiger partial charge on any atom is -0.258 e. The summed E-state index contributed by atoms with van der Waals surface area (Å²) in [4.78, 5) is 17.5. The van der Waals surface area contributed by atoms with Crippen LogP contribution in [0.2, 0.25) is 0 Å². The van der Waals surface area contributed by atoms with Gasteiger partial charge in [-0.05, 0) is 12.1 Å². The van der Waals surface area contributed by atoms with E-state index < -0.39 is 38.8 Å². The molecule has 0 heterocycles. The number of hydrogen-bond acceptors (Lipinski definition) is 4. The number of halogens is 4. The molecule has 6 nitrogen and oxygen atoms in total. The summed E-state index contributed by atoms with van der Waals surface area (Å²) < 4.78 is 49.9. The smallest absolute Gasteiger partial charge is 0.258 e. The number of nitro groups is 2. The first-order valence-corrected chi connectivity index (χ1v) is 3.84. The molecule has 0 unspecified atom stereocenters. The Morgan fingerprint density at radius 3 is 1.82 bits per heavy atom. The Hall–Kier alpha value is -2.26. The first kappa shape index (κ1) is 12.8. The maximum absolute atomic E-state index is 12.9. The summed E-state index contributed by atoms with van der Waals surface area (Å²) in [5.41, 5.74) is -5.57. The van der Waals surface area contributed by atoms with Crippen molar-refractivity contribution in [2.45, 2.75) is 6.18 Å². The van der Waals surface area contributed by atoms with Gasteiger partial charge in [0.25, 0.3) is 0 Å². The Morgan fingerprint density at radius 2 is 1.47 bits per heavy atom. The van der Waals surface area contributed by atoms with E-state index in [1.54, 1.807) is 0 Å². The van der Waals surface area contributed by atoms with Gasteiger partial charge >= 0.3 is 17.6 Å². The summed E-state index contributed by atoms with van der Waals surface area (Å²) in [5, 5.41) is 20.7. The lowest BCUT2D eigenvalue weighted by atomic mass is 10.1. The average molecular weight is 254 g/mol. The van der Waals surface area contributed by atoms with Gasteiger partial charge in [0.05, 0.1) is 9.85 Å². The van der Waals surface area contributed by atoms with E-state index in [2.05, 4.69) is 0 Å². The zero-order chi connectivity index (χ0) is 13.4. The average Bonchev–Trinajstić information content (AvgIpc) is 2.14. The monoisotopic (exact) mass is 254 g/mol. The quantitative estimate of drug-likeness (QED) is 0.461. The molecule has 0 aromatic heterocycles. The Balaban J connectivity index is 3.72. The van der Waals surface area contributed by atoms with Crippen molar-refractivity contribution in [2.75, 3.05) is 0 Å². The number of nitrogens with zero attached hydrogens (tertiary/aromatic N) is 2. The van der Waals surface area contributed by atoms with Crippen LogP contribution in [0.4, 0.5) is 28.9 Å². The van der Waals surface area contributed by atoms with Crippen LogP contribution in [0.5, 0.6) is 0 Å². The van der Waals surface area contributed by atoms with Gasteiger partial charge in [-0.15, -0.1) is 0 Å². The molecule has 1 rings (SSSR count). The van der Waals surface area contributed by atoms with Gasteiger partial charge in [0.2, 0.25) is 5.82 Å². The second-order valence-corrected chi connectivity index (χ2v) is 2.80. The van der Waals surface area contributed by atoms with Crippen molar-refractivity contribution in [1.29, 1.82) is 0 Å². The highest BCUT2D eigenvalue weighted by Crippen LogP contribution is 2.41. The fourth-order valence-corrected chi connectivity index (χ4v) is 1.14. The molecule has 0 fully saturated rings.